The molecule has 20 heavy (non-hydrogen) atoms. The lowest BCUT2D eigenvalue weighted by atomic mass is 10.1. The van der Waals surface area contributed by atoms with E-state index in [1.807, 2.05) is 6.92 Å². The van der Waals surface area contributed by atoms with Crippen molar-refractivity contribution in [2.75, 3.05) is 13.2 Å². The molecule has 0 spiro atoms. The molecule has 0 aliphatic heterocycles. The summed E-state index contributed by atoms with van der Waals surface area (Å²) in [7, 11) is 0. The van der Waals surface area contributed by atoms with E-state index in [0.717, 1.165) is 22.7 Å². The molecule has 1 aromatic heterocycles. The lowest BCUT2D eigenvalue weighted by molar-refractivity contribution is 0.0762. The fourth-order valence-corrected chi connectivity index (χ4v) is 2.45. The summed E-state index contributed by atoms with van der Waals surface area (Å²) in [4.78, 5) is 16.9. The number of ether oxygens (including phenoxy) is 1. The molecule has 0 aliphatic rings. The molecule has 106 valence electrons. The third kappa shape index (κ3) is 3.68. The van der Waals surface area contributed by atoms with E-state index in [9.17, 15) is 13.6 Å². The number of rotatable bonds is 6. The molecule has 0 amide bonds. The van der Waals surface area contributed by atoms with Crippen LogP contribution in [0.5, 0.6) is 0 Å². The number of nitrogens with zero attached hydrogens (tertiary/aromatic N) is 1. The summed E-state index contributed by atoms with van der Waals surface area (Å²) >= 11 is 1.53. The Bertz CT molecular complexity index is 613. The first-order valence-electron chi connectivity index (χ1n) is 6.03. The van der Waals surface area contributed by atoms with E-state index in [1.165, 1.54) is 11.3 Å². The number of hydrogen-bond acceptors (Lipinski definition) is 4. The third-order valence-electron chi connectivity index (χ3n) is 2.78. The van der Waals surface area contributed by atoms with E-state index in [-0.39, 0.29) is 12.2 Å². The van der Waals surface area contributed by atoms with Crippen LogP contribution in [0.4, 0.5) is 8.78 Å². The zero-order valence-electron chi connectivity index (χ0n) is 10.9. The van der Waals surface area contributed by atoms with Gasteiger partial charge in [0.25, 0.3) is 0 Å². The maximum Gasteiger partial charge on any atom is 0.191 e. The van der Waals surface area contributed by atoms with Crippen LogP contribution in [0, 0.1) is 18.6 Å². The highest BCUT2D eigenvalue weighted by Crippen LogP contribution is 2.13. The molecule has 0 atom stereocenters. The van der Waals surface area contributed by atoms with Crippen molar-refractivity contribution >= 4 is 17.1 Å². The van der Waals surface area contributed by atoms with Crippen LogP contribution in [0.1, 0.15) is 20.9 Å². The Balaban J connectivity index is 1.82. The monoisotopic (exact) mass is 297 g/mol. The number of carbonyl (C=O) groups is 1. The average molecular weight is 297 g/mol. The van der Waals surface area contributed by atoms with Gasteiger partial charge in [-0.25, -0.2) is 13.8 Å². The van der Waals surface area contributed by atoms with Crippen molar-refractivity contribution in [2.45, 2.75) is 13.3 Å². The second-order valence-electron chi connectivity index (χ2n) is 4.21. The first-order valence-corrected chi connectivity index (χ1v) is 6.91. The van der Waals surface area contributed by atoms with E-state index in [1.54, 1.807) is 5.51 Å². The Morgan fingerprint density at radius 1 is 1.40 bits per heavy atom. The van der Waals surface area contributed by atoms with Crippen LogP contribution < -0.4 is 0 Å². The van der Waals surface area contributed by atoms with Crippen LogP contribution >= 0.6 is 11.3 Å². The van der Waals surface area contributed by atoms with Crippen LogP contribution in [0.25, 0.3) is 0 Å². The number of halogens is 2. The number of Topliss-reactive ketones (excluding diaryl/α,β-unsaturated/α-hetero) is 1. The maximum absolute atomic E-state index is 13.4. The van der Waals surface area contributed by atoms with Crippen LogP contribution in [0.3, 0.4) is 0 Å². The van der Waals surface area contributed by atoms with Gasteiger partial charge in [-0.3, -0.25) is 4.79 Å². The molecule has 2 rings (SSSR count). The highest BCUT2D eigenvalue weighted by molar-refractivity contribution is 7.09. The number of carbonyl (C=O) groups excluding carboxylic acids is 1. The summed E-state index contributed by atoms with van der Waals surface area (Å²) in [6.45, 7) is 2.04. The quantitative estimate of drug-likeness (QED) is 0.607. The molecule has 0 bridgehead atoms. The molecule has 1 aromatic carbocycles. The molecule has 0 unspecified atom stereocenters. The summed E-state index contributed by atoms with van der Waals surface area (Å²) < 4.78 is 31.3. The molecule has 0 saturated heterocycles. The topological polar surface area (TPSA) is 39.2 Å². The van der Waals surface area contributed by atoms with Gasteiger partial charge in [0.15, 0.2) is 5.78 Å². The van der Waals surface area contributed by atoms with Crippen molar-refractivity contribution in [2.24, 2.45) is 0 Å². The largest absolute Gasteiger partial charge is 0.373 e. The third-order valence-corrected chi connectivity index (χ3v) is 3.78. The molecule has 0 aliphatic carbocycles. The van der Waals surface area contributed by atoms with Gasteiger partial charge in [-0.1, -0.05) is 0 Å². The number of aromatic nitrogens is 1. The second kappa shape index (κ2) is 6.67. The minimum Gasteiger partial charge on any atom is -0.373 e. The molecule has 1 heterocycles. The van der Waals surface area contributed by atoms with Crippen molar-refractivity contribution in [3.05, 3.63) is 51.5 Å². The molecule has 3 nitrogen and oxygen atoms in total. The Kier molecular flexibility index (Phi) is 4.92. The second-order valence-corrected chi connectivity index (χ2v) is 5.15. The predicted molar refractivity (Wildman–Crippen MR) is 72.1 cm³/mol. The minimum atomic E-state index is -0.864. The molecule has 0 saturated carbocycles. The average Bonchev–Trinajstić information content (AvgIpc) is 2.80. The summed E-state index contributed by atoms with van der Waals surface area (Å²) in [5.41, 5.74) is 2.55. The number of thiazole rings is 1. The minimum absolute atomic E-state index is 0.152. The number of aryl methyl sites for hydroxylation is 1. The highest BCUT2D eigenvalue weighted by atomic mass is 32.1. The number of benzene rings is 1. The van der Waals surface area contributed by atoms with Gasteiger partial charge in [0.2, 0.25) is 0 Å². The van der Waals surface area contributed by atoms with Crippen molar-refractivity contribution in [3.8, 4) is 0 Å². The van der Waals surface area contributed by atoms with Crippen LogP contribution in [0.15, 0.2) is 23.7 Å². The van der Waals surface area contributed by atoms with Gasteiger partial charge in [-0.15, -0.1) is 11.3 Å². The van der Waals surface area contributed by atoms with E-state index in [2.05, 4.69) is 4.98 Å². The Morgan fingerprint density at radius 3 is 2.85 bits per heavy atom. The van der Waals surface area contributed by atoms with Crippen LogP contribution in [-0.4, -0.2) is 24.0 Å². The summed E-state index contributed by atoms with van der Waals surface area (Å²) in [6, 6.07) is 2.87. The van der Waals surface area contributed by atoms with Crippen LogP contribution in [-0.2, 0) is 11.2 Å². The van der Waals surface area contributed by atoms with Crippen molar-refractivity contribution < 1.29 is 18.3 Å². The van der Waals surface area contributed by atoms with E-state index < -0.39 is 17.4 Å². The summed E-state index contributed by atoms with van der Waals surface area (Å²) in [6.07, 6.45) is 0.662. The van der Waals surface area contributed by atoms with Gasteiger partial charge in [0.1, 0.15) is 18.2 Å². The standard InChI is InChI=1S/C14H13F2NO2S/c1-9-14(20-8-17-9)4-5-19-7-13(18)11-3-2-10(15)6-12(11)16/h2-3,6,8H,4-5,7H2,1H3. The van der Waals surface area contributed by atoms with E-state index in [0.29, 0.717) is 19.1 Å². The maximum atomic E-state index is 13.4. The fourth-order valence-electron chi connectivity index (χ4n) is 1.69. The number of ketones is 1. The molecule has 0 radical (unpaired) electrons. The fraction of sp³-hybridized carbons (Fsp3) is 0.286. The van der Waals surface area contributed by atoms with Crippen LogP contribution in [0.2, 0.25) is 0 Å². The molecular formula is C14H13F2NO2S. The molecular weight excluding hydrogens is 284 g/mol. The predicted octanol–water partition coefficient (Wildman–Crippen LogP) is 3.17. The Hall–Kier alpha value is -1.66. The summed E-state index contributed by atoms with van der Waals surface area (Å²) in [5.74, 6) is -2.07. The van der Waals surface area contributed by atoms with Crippen molar-refractivity contribution in [1.29, 1.82) is 0 Å². The lowest BCUT2D eigenvalue weighted by Crippen LogP contribution is -2.12. The van der Waals surface area contributed by atoms with E-state index in [4.69, 9.17) is 4.74 Å². The smallest absolute Gasteiger partial charge is 0.191 e. The molecule has 6 heteroatoms. The Morgan fingerprint density at radius 2 is 2.20 bits per heavy atom. The molecule has 2 aromatic rings. The van der Waals surface area contributed by atoms with Gasteiger partial charge in [-0.05, 0) is 19.1 Å². The zero-order valence-corrected chi connectivity index (χ0v) is 11.7. The van der Waals surface area contributed by atoms with Gasteiger partial charge in [0, 0.05) is 17.4 Å². The first kappa shape index (κ1) is 14.7. The van der Waals surface area contributed by atoms with Gasteiger partial charge < -0.3 is 4.74 Å². The normalized spacial score (nSPS) is 10.8. The molecule has 0 N–H and O–H groups in total. The zero-order chi connectivity index (χ0) is 14.5. The summed E-state index contributed by atoms with van der Waals surface area (Å²) in [5, 5.41) is 0. The van der Waals surface area contributed by atoms with Gasteiger partial charge in [0.05, 0.1) is 23.4 Å². The first-order chi connectivity index (χ1) is 9.58. The Labute approximate surface area is 119 Å². The highest BCUT2D eigenvalue weighted by Gasteiger charge is 2.12. The van der Waals surface area contributed by atoms with E-state index >= 15 is 0 Å². The van der Waals surface area contributed by atoms with Gasteiger partial charge >= 0.3 is 0 Å². The van der Waals surface area contributed by atoms with Crippen molar-refractivity contribution in [1.82, 2.24) is 4.98 Å². The number of hydrogen-bond donors (Lipinski definition) is 0. The molecule has 0 fully saturated rings. The SMILES string of the molecule is Cc1ncsc1CCOCC(=O)c1ccc(F)cc1F. The van der Waals surface area contributed by atoms with Crippen molar-refractivity contribution in [3.63, 3.8) is 0 Å². The van der Waals surface area contributed by atoms with Gasteiger partial charge in [-0.2, -0.15) is 0 Å². The lowest BCUT2D eigenvalue weighted by Gasteiger charge is -2.04.